The van der Waals surface area contributed by atoms with Crippen molar-refractivity contribution in [3.63, 3.8) is 0 Å². The van der Waals surface area contributed by atoms with Gasteiger partial charge in [-0.25, -0.2) is 0 Å². The number of Topliss-reactive ketones (excluding diaryl/α,β-unsaturated/α-hetero) is 1. The lowest BCUT2D eigenvalue weighted by atomic mass is 10.1. The molecular weight excluding hydrogens is 244 g/mol. The van der Waals surface area contributed by atoms with Crippen LogP contribution in [0, 0.1) is 0 Å². The van der Waals surface area contributed by atoms with Gasteiger partial charge in [0, 0.05) is 12.1 Å². The average Bonchev–Trinajstić information content (AvgIpc) is 2.34. The molecule has 0 aliphatic rings. The van der Waals surface area contributed by atoms with Crippen molar-refractivity contribution in [1.82, 2.24) is 0 Å². The minimum absolute atomic E-state index is 0.0936. The van der Waals surface area contributed by atoms with Gasteiger partial charge >= 0.3 is 0 Å². The number of ketones is 1. The predicted molar refractivity (Wildman–Crippen MR) is 74.3 cm³/mol. The zero-order valence-corrected chi connectivity index (χ0v) is 11.9. The van der Waals surface area contributed by atoms with Gasteiger partial charge in [0.15, 0.2) is 5.78 Å². The second-order valence-corrected chi connectivity index (χ2v) is 4.36. The van der Waals surface area contributed by atoms with Crippen molar-refractivity contribution >= 4 is 5.78 Å². The lowest BCUT2D eigenvalue weighted by Gasteiger charge is -2.13. The van der Waals surface area contributed by atoms with Crippen LogP contribution < -0.4 is 9.47 Å². The molecule has 1 aromatic rings. The summed E-state index contributed by atoms with van der Waals surface area (Å²) in [5.74, 6) is 0.595. The Balaban J connectivity index is 2.92. The van der Waals surface area contributed by atoms with E-state index in [9.17, 15) is 9.90 Å². The molecule has 0 atom stereocenters. The maximum atomic E-state index is 11.6. The van der Waals surface area contributed by atoms with E-state index in [1.165, 1.54) is 13.0 Å². The van der Waals surface area contributed by atoms with Gasteiger partial charge in [-0.05, 0) is 20.3 Å². The molecule has 0 spiro atoms. The molecule has 1 aromatic carbocycles. The van der Waals surface area contributed by atoms with Gasteiger partial charge in [-0.1, -0.05) is 19.8 Å². The summed E-state index contributed by atoms with van der Waals surface area (Å²) in [7, 11) is 0. The van der Waals surface area contributed by atoms with Crippen LogP contribution in [0.4, 0.5) is 0 Å². The number of unbranched alkanes of at least 4 members (excludes halogenated alkanes) is 2. The molecule has 0 heterocycles. The van der Waals surface area contributed by atoms with E-state index in [-0.39, 0.29) is 17.1 Å². The average molecular weight is 266 g/mol. The lowest BCUT2D eigenvalue weighted by molar-refractivity contribution is 0.101. The van der Waals surface area contributed by atoms with Gasteiger partial charge in [0.2, 0.25) is 0 Å². The van der Waals surface area contributed by atoms with Gasteiger partial charge in [-0.2, -0.15) is 0 Å². The minimum atomic E-state index is -0.217. The molecular formula is C15H22O4. The molecule has 4 heteroatoms. The molecule has 0 aliphatic carbocycles. The maximum Gasteiger partial charge on any atom is 0.167 e. The zero-order valence-electron chi connectivity index (χ0n) is 11.9. The SMILES string of the molecule is CCCCCOc1cc(OCC)cc(O)c1C(C)=O. The van der Waals surface area contributed by atoms with Crippen LogP contribution >= 0.6 is 0 Å². The van der Waals surface area contributed by atoms with Gasteiger partial charge in [-0.15, -0.1) is 0 Å². The number of phenols is 1. The number of hydrogen-bond donors (Lipinski definition) is 1. The highest BCUT2D eigenvalue weighted by Crippen LogP contribution is 2.34. The Labute approximate surface area is 114 Å². The topological polar surface area (TPSA) is 55.8 Å². The summed E-state index contributed by atoms with van der Waals surface area (Å²) in [4.78, 5) is 11.6. The van der Waals surface area contributed by atoms with E-state index in [1.807, 2.05) is 6.92 Å². The summed E-state index contributed by atoms with van der Waals surface area (Å²) in [5, 5.41) is 9.89. The van der Waals surface area contributed by atoms with E-state index in [0.717, 1.165) is 19.3 Å². The van der Waals surface area contributed by atoms with Crippen LogP contribution in [-0.4, -0.2) is 24.1 Å². The van der Waals surface area contributed by atoms with Crippen molar-refractivity contribution < 1.29 is 19.4 Å². The number of aromatic hydroxyl groups is 1. The fourth-order valence-electron chi connectivity index (χ4n) is 1.83. The molecule has 0 fully saturated rings. The summed E-state index contributed by atoms with van der Waals surface area (Å²) < 4.78 is 10.9. The van der Waals surface area contributed by atoms with Gasteiger partial charge in [0.25, 0.3) is 0 Å². The Bertz CT molecular complexity index is 426. The Hall–Kier alpha value is -1.71. The lowest BCUT2D eigenvalue weighted by Crippen LogP contribution is -2.04. The molecule has 0 radical (unpaired) electrons. The molecule has 0 saturated carbocycles. The quantitative estimate of drug-likeness (QED) is 0.577. The monoisotopic (exact) mass is 266 g/mol. The molecule has 0 amide bonds. The van der Waals surface area contributed by atoms with E-state index in [1.54, 1.807) is 6.07 Å². The van der Waals surface area contributed by atoms with Crippen molar-refractivity contribution in [3.05, 3.63) is 17.7 Å². The molecule has 1 rings (SSSR count). The number of carbonyl (C=O) groups is 1. The van der Waals surface area contributed by atoms with Crippen LogP contribution in [0.1, 0.15) is 50.4 Å². The standard InChI is InChI=1S/C15H22O4/c1-4-6-7-8-19-14-10-12(18-5-2)9-13(17)15(14)11(3)16/h9-10,17H,4-8H2,1-3H3. The first kappa shape index (κ1) is 15.3. The number of rotatable bonds is 8. The van der Waals surface area contributed by atoms with Crippen LogP contribution in [0.25, 0.3) is 0 Å². The molecule has 0 bridgehead atoms. The number of phenolic OH excluding ortho intramolecular Hbond substituents is 1. The molecule has 106 valence electrons. The van der Waals surface area contributed by atoms with Gasteiger partial charge in [0.05, 0.1) is 13.2 Å². The minimum Gasteiger partial charge on any atom is -0.507 e. The fraction of sp³-hybridized carbons (Fsp3) is 0.533. The summed E-state index contributed by atoms with van der Waals surface area (Å²) in [5.41, 5.74) is 0.222. The first-order valence-electron chi connectivity index (χ1n) is 6.73. The smallest absolute Gasteiger partial charge is 0.167 e. The van der Waals surface area contributed by atoms with E-state index >= 15 is 0 Å². The number of benzene rings is 1. The zero-order chi connectivity index (χ0) is 14.3. The third-order valence-corrected chi connectivity index (χ3v) is 2.72. The van der Waals surface area contributed by atoms with Crippen LogP contribution in [0.15, 0.2) is 12.1 Å². The second kappa shape index (κ2) is 7.67. The predicted octanol–water partition coefficient (Wildman–Crippen LogP) is 3.56. The Morgan fingerprint density at radius 1 is 1.21 bits per heavy atom. The molecule has 4 nitrogen and oxygen atoms in total. The van der Waals surface area contributed by atoms with Crippen molar-refractivity contribution in [3.8, 4) is 17.2 Å². The third-order valence-electron chi connectivity index (χ3n) is 2.72. The molecule has 0 saturated heterocycles. The van der Waals surface area contributed by atoms with Crippen molar-refractivity contribution in [1.29, 1.82) is 0 Å². The maximum absolute atomic E-state index is 11.6. The van der Waals surface area contributed by atoms with Crippen LogP contribution in [0.5, 0.6) is 17.2 Å². The Morgan fingerprint density at radius 2 is 1.95 bits per heavy atom. The van der Waals surface area contributed by atoms with E-state index in [0.29, 0.717) is 24.7 Å². The van der Waals surface area contributed by atoms with Crippen molar-refractivity contribution in [2.75, 3.05) is 13.2 Å². The van der Waals surface area contributed by atoms with Gasteiger partial charge in [-0.3, -0.25) is 4.79 Å². The van der Waals surface area contributed by atoms with Crippen LogP contribution in [-0.2, 0) is 0 Å². The third kappa shape index (κ3) is 4.47. The summed E-state index contributed by atoms with van der Waals surface area (Å²) in [6.45, 7) is 6.41. The Morgan fingerprint density at radius 3 is 2.53 bits per heavy atom. The summed E-state index contributed by atoms with van der Waals surface area (Å²) >= 11 is 0. The van der Waals surface area contributed by atoms with E-state index in [4.69, 9.17) is 9.47 Å². The molecule has 0 unspecified atom stereocenters. The van der Waals surface area contributed by atoms with Crippen molar-refractivity contribution in [2.24, 2.45) is 0 Å². The summed E-state index contributed by atoms with van der Waals surface area (Å²) in [6, 6.07) is 3.10. The molecule has 0 aliphatic heterocycles. The highest BCUT2D eigenvalue weighted by molar-refractivity contribution is 5.99. The fourth-order valence-corrected chi connectivity index (χ4v) is 1.83. The molecule has 0 aromatic heterocycles. The Kier molecular flexibility index (Phi) is 6.19. The van der Waals surface area contributed by atoms with Gasteiger partial charge < -0.3 is 14.6 Å². The number of carbonyl (C=O) groups excluding carboxylic acids is 1. The highest BCUT2D eigenvalue weighted by Gasteiger charge is 2.16. The molecule has 1 N–H and O–H groups in total. The van der Waals surface area contributed by atoms with E-state index in [2.05, 4.69) is 6.92 Å². The van der Waals surface area contributed by atoms with Crippen LogP contribution in [0.2, 0.25) is 0 Å². The van der Waals surface area contributed by atoms with E-state index < -0.39 is 0 Å². The molecule has 19 heavy (non-hydrogen) atoms. The largest absolute Gasteiger partial charge is 0.507 e. The van der Waals surface area contributed by atoms with Crippen molar-refractivity contribution in [2.45, 2.75) is 40.0 Å². The van der Waals surface area contributed by atoms with Crippen LogP contribution in [0.3, 0.4) is 0 Å². The second-order valence-electron chi connectivity index (χ2n) is 4.36. The number of ether oxygens (including phenoxy) is 2. The van der Waals surface area contributed by atoms with Gasteiger partial charge in [0.1, 0.15) is 22.8 Å². The first-order chi connectivity index (χ1) is 9.10. The highest BCUT2D eigenvalue weighted by atomic mass is 16.5. The first-order valence-corrected chi connectivity index (χ1v) is 6.73. The summed E-state index contributed by atoms with van der Waals surface area (Å²) in [6.07, 6.45) is 3.10. The normalized spacial score (nSPS) is 10.3. The number of hydrogen-bond acceptors (Lipinski definition) is 4.